The van der Waals surface area contributed by atoms with Gasteiger partial charge in [-0.2, -0.15) is 0 Å². The van der Waals surface area contributed by atoms with Crippen molar-refractivity contribution in [3.8, 4) is 5.75 Å². The molecule has 0 spiro atoms. The lowest BCUT2D eigenvalue weighted by molar-refractivity contribution is 0.417. The van der Waals surface area contributed by atoms with E-state index in [9.17, 15) is 0 Å². The molecule has 98 valence electrons. The van der Waals surface area contributed by atoms with Crippen LogP contribution in [0.1, 0.15) is 20.3 Å². The number of benzene rings is 1. The van der Waals surface area contributed by atoms with Gasteiger partial charge in [0.15, 0.2) is 5.17 Å². The predicted molar refractivity (Wildman–Crippen MR) is 82.9 cm³/mol. The predicted octanol–water partition coefficient (Wildman–Crippen LogP) is 4.14. The minimum absolute atomic E-state index is 0.0618. The quantitative estimate of drug-likeness (QED) is 0.905. The molecule has 0 saturated carbocycles. The second kappa shape index (κ2) is 5.53. The molecule has 1 heterocycles. The van der Waals surface area contributed by atoms with E-state index in [1.807, 2.05) is 18.2 Å². The average molecular weight is 329 g/mol. The molecule has 0 radical (unpaired) electrons. The summed E-state index contributed by atoms with van der Waals surface area (Å²) in [5.74, 6) is 1.86. The Morgan fingerprint density at radius 3 is 2.94 bits per heavy atom. The Hall–Kier alpha value is -0.680. The number of aliphatic imine (C=N–C) groups is 1. The van der Waals surface area contributed by atoms with Gasteiger partial charge in [-0.15, -0.1) is 0 Å². The molecule has 0 saturated heterocycles. The van der Waals surface area contributed by atoms with Crippen LogP contribution in [0.25, 0.3) is 0 Å². The first-order valence-electron chi connectivity index (χ1n) is 5.89. The zero-order valence-corrected chi connectivity index (χ0v) is 13.2. The number of methoxy groups -OCH3 is 1. The largest absolute Gasteiger partial charge is 0.495 e. The standard InChI is InChI=1S/C13H17BrN2OS/c1-4-13(2)8-18-12(16-13)15-10-7-9(14)5-6-11(10)17-3/h5-7H,4,8H2,1-3H3,(H,15,16). The maximum absolute atomic E-state index is 5.34. The molecule has 1 aliphatic heterocycles. The molecule has 5 heteroatoms. The molecule has 1 aromatic rings. The highest BCUT2D eigenvalue weighted by Gasteiger charge is 2.29. The lowest BCUT2D eigenvalue weighted by Crippen LogP contribution is -2.20. The number of nitrogens with zero attached hydrogens (tertiary/aromatic N) is 1. The summed E-state index contributed by atoms with van der Waals surface area (Å²) in [6.45, 7) is 4.36. The van der Waals surface area contributed by atoms with Crippen molar-refractivity contribution in [1.82, 2.24) is 0 Å². The lowest BCUT2D eigenvalue weighted by atomic mass is 10.0. The molecular weight excluding hydrogens is 312 g/mol. The maximum atomic E-state index is 5.34. The number of thioether (sulfide) groups is 1. The van der Waals surface area contributed by atoms with E-state index in [1.54, 1.807) is 18.9 Å². The smallest absolute Gasteiger partial charge is 0.161 e. The molecule has 1 unspecified atom stereocenters. The maximum Gasteiger partial charge on any atom is 0.161 e. The van der Waals surface area contributed by atoms with E-state index in [1.165, 1.54) is 0 Å². The van der Waals surface area contributed by atoms with Crippen molar-refractivity contribution in [2.75, 3.05) is 18.2 Å². The zero-order valence-electron chi connectivity index (χ0n) is 10.8. The van der Waals surface area contributed by atoms with Gasteiger partial charge in [-0.1, -0.05) is 34.6 Å². The summed E-state index contributed by atoms with van der Waals surface area (Å²) in [6.07, 6.45) is 1.06. The Morgan fingerprint density at radius 2 is 2.33 bits per heavy atom. The Bertz CT molecular complexity index is 478. The van der Waals surface area contributed by atoms with E-state index in [0.717, 1.165) is 33.3 Å². The molecule has 18 heavy (non-hydrogen) atoms. The van der Waals surface area contributed by atoms with Crippen molar-refractivity contribution >= 4 is 38.5 Å². The van der Waals surface area contributed by atoms with Crippen LogP contribution in [0.2, 0.25) is 0 Å². The summed E-state index contributed by atoms with van der Waals surface area (Å²) >= 11 is 5.23. The number of nitrogens with one attached hydrogen (secondary N) is 1. The minimum atomic E-state index is 0.0618. The molecule has 0 fully saturated rings. The summed E-state index contributed by atoms with van der Waals surface area (Å²) < 4.78 is 6.36. The molecule has 2 rings (SSSR count). The monoisotopic (exact) mass is 328 g/mol. The summed E-state index contributed by atoms with van der Waals surface area (Å²) in [7, 11) is 1.67. The van der Waals surface area contributed by atoms with Crippen molar-refractivity contribution < 1.29 is 4.74 Å². The zero-order chi connectivity index (χ0) is 13.2. The van der Waals surface area contributed by atoms with Crippen LogP contribution in [0, 0.1) is 0 Å². The molecule has 1 atom stereocenters. The van der Waals surface area contributed by atoms with Gasteiger partial charge in [0.1, 0.15) is 5.75 Å². The van der Waals surface area contributed by atoms with Gasteiger partial charge in [0.05, 0.1) is 18.3 Å². The van der Waals surface area contributed by atoms with Gasteiger partial charge in [0, 0.05) is 10.2 Å². The van der Waals surface area contributed by atoms with E-state index in [4.69, 9.17) is 9.73 Å². The van der Waals surface area contributed by atoms with Crippen LogP contribution in [-0.2, 0) is 0 Å². The fraction of sp³-hybridized carbons (Fsp3) is 0.462. The van der Waals surface area contributed by atoms with Crippen molar-refractivity contribution in [3.63, 3.8) is 0 Å². The van der Waals surface area contributed by atoms with Gasteiger partial charge in [-0.05, 0) is 31.5 Å². The number of rotatable bonds is 3. The number of anilines is 1. The third-order valence-corrected chi connectivity index (χ3v) is 4.78. The van der Waals surface area contributed by atoms with Gasteiger partial charge in [0.25, 0.3) is 0 Å². The van der Waals surface area contributed by atoms with Gasteiger partial charge >= 0.3 is 0 Å². The topological polar surface area (TPSA) is 33.6 Å². The summed E-state index contributed by atoms with van der Waals surface area (Å²) in [4.78, 5) is 4.74. The SMILES string of the molecule is CCC1(C)CSC(Nc2cc(Br)ccc2OC)=N1. The highest BCUT2D eigenvalue weighted by Crippen LogP contribution is 2.33. The Morgan fingerprint density at radius 1 is 1.56 bits per heavy atom. The summed E-state index contributed by atoms with van der Waals surface area (Å²) in [5.41, 5.74) is 1.00. The van der Waals surface area contributed by atoms with E-state index >= 15 is 0 Å². The van der Waals surface area contributed by atoms with Gasteiger partial charge in [-0.3, -0.25) is 4.99 Å². The van der Waals surface area contributed by atoms with Crippen LogP contribution in [0.3, 0.4) is 0 Å². The lowest BCUT2D eigenvalue weighted by Gasteiger charge is -2.15. The van der Waals surface area contributed by atoms with Crippen molar-refractivity contribution in [2.24, 2.45) is 4.99 Å². The molecule has 1 N–H and O–H groups in total. The second-order valence-corrected chi connectivity index (χ2v) is 6.41. The Kier molecular flexibility index (Phi) is 4.22. The van der Waals surface area contributed by atoms with Gasteiger partial charge in [-0.25, -0.2) is 0 Å². The normalized spacial score (nSPS) is 22.8. The fourth-order valence-electron chi connectivity index (χ4n) is 1.67. The van der Waals surface area contributed by atoms with E-state index < -0.39 is 0 Å². The molecular formula is C13H17BrN2OS. The van der Waals surface area contributed by atoms with Crippen LogP contribution >= 0.6 is 27.7 Å². The Balaban J connectivity index is 2.20. The van der Waals surface area contributed by atoms with E-state index in [-0.39, 0.29) is 5.54 Å². The van der Waals surface area contributed by atoms with Crippen molar-refractivity contribution in [3.05, 3.63) is 22.7 Å². The molecule has 0 amide bonds. The summed E-state index contributed by atoms with van der Waals surface area (Å²) in [5, 5.41) is 4.32. The average Bonchev–Trinajstić information content (AvgIpc) is 2.72. The second-order valence-electron chi connectivity index (χ2n) is 4.53. The van der Waals surface area contributed by atoms with Crippen molar-refractivity contribution in [1.29, 1.82) is 0 Å². The number of ether oxygens (including phenoxy) is 1. The van der Waals surface area contributed by atoms with Crippen LogP contribution in [0.15, 0.2) is 27.7 Å². The first-order chi connectivity index (χ1) is 8.56. The number of amidine groups is 1. The number of hydrogen-bond donors (Lipinski definition) is 1. The molecule has 0 aliphatic carbocycles. The third kappa shape index (κ3) is 3.01. The molecule has 1 aliphatic rings. The van der Waals surface area contributed by atoms with E-state index in [0.29, 0.717) is 0 Å². The number of hydrogen-bond acceptors (Lipinski definition) is 4. The highest BCUT2D eigenvalue weighted by atomic mass is 79.9. The Labute approximate surface area is 121 Å². The van der Waals surface area contributed by atoms with Crippen LogP contribution in [0.5, 0.6) is 5.75 Å². The van der Waals surface area contributed by atoms with Crippen LogP contribution in [-0.4, -0.2) is 23.6 Å². The van der Waals surface area contributed by atoms with Crippen LogP contribution in [0.4, 0.5) is 5.69 Å². The molecule has 1 aromatic carbocycles. The van der Waals surface area contributed by atoms with Gasteiger partial charge in [0.2, 0.25) is 0 Å². The third-order valence-electron chi connectivity index (χ3n) is 3.06. The fourth-order valence-corrected chi connectivity index (χ4v) is 3.22. The van der Waals surface area contributed by atoms with Crippen molar-refractivity contribution in [2.45, 2.75) is 25.8 Å². The summed E-state index contributed by atoms with van der Waals surface area (Å²) in [6, 6.07) is 5.90. The van der Waals surface area contributed by atoms with Crippen LogP contribution < -0.4 is 10.1 Å². The molecule has 0 bridgehead atoms. The van der Waals surface area contributed by atoms with E-state index in [2.05, 4.69) is 35.1 Å². The number of halogens is 1. The molecule has 0 aromatic heterocycles. The molecule has 3 nitrogen and oxygen atoms in total. The first kappa shape index (κ1) is 13.7. The minimum Gasteiger partial charge on any atom is -0.495 e. The van der Waals surface area contributed by atoms with Gasteiger partial charge < -0.3 is 10.1 Å². The highest BCUT2D eigenvalue weighted by molar-refractivity contribution is 9.10. The first-order valence-corrected chi connectivity index (χ1v) is 7.67.